The third kappa shape index (κ3) is 13.8. The lowest BCUT2D eigenvalue weighted by Crippen LogP contribution is -2.47. The average molecular weight is 628 g/mol. The van der Waals surface area contributed by atoms with Crippen LogP contribution in [0.4, 0.5) is 4.79 Å². The van der Waals surface area contributed by atoms with Crippen molar-refractivity contribution in [2.75, 3.05) is 26.3 Å². The summed E-state index contributed by atoms with van der Waals surface area (Å²) in [6, 6.07) is 12.6. The van der Waals surface area contributed by atoms with Gasteiger partial charge in [-0.1, -0.05) is 62.4 Å². The summed E-state index contributed by atoms with van der Waals surface area (Å²) < 4.78 is 5.82. The predicted molar refractivity (Wildman–Crippen MR) is 173 cm³/mol. The lowest BCUT2D eigenvalue weighted by Gasteiger charge is -2.31. The summed E-state index contributed by atoms with van der Waals surface area (Å²) in [6.45, 7) is 4.21. The lowest BCUT2D eigenvalue weighted by molar-refractivity contribution is -0.184. The molecule has 1 saturated carbocycles. The number of hydrogen-bond donors (Lipinski definition) is 5. The van der Waals surface area contributed by atoms with E-state index in [0.29, 0.717) is 24.2 Å². The zero-order valence-electron chi connectivity index (χ0n) is 26.8. The van der Waals surface area contributed by atoms with Gasteiger partial charge in [-0.2, -0.15) is 5.06 Å². The number of hydrogen-bond acceptors (Lipinski definition) is 8. The molecular weight excluding hydrogens is 574 g/mol. The molecule has 10 nitrogen and oxygen atoms in total. The fourth-order valence-electron chi connectivity index (χ4n) is 5.63. The topological polar surface area (TPSA) is 141 Å². The minimum atomic E-state index is -0.682. The molecule has 2 amide bonds. The van der Waals surface area contributed by atoms with Crippen molar-refractivity contribution >= 4 is 12.0 Å². The van der Waals surface area contributed by atoms with Gasteiger partial charge in [0.1, 0.15) is 5.75 Å². The standard InChI is InChI=1S/C35H53N3O7/c1-27(40)45-38(32-15-5-4-6-16-32)35(43)37-24-29-14-11-13-28(22-29)12-7-10-21-44-20-9-3-2-8-19-36-25-34(42)30-17-18-33(41)31(23-30)26-39/h11,13-14,17-18,22-23,32,34,36,39,41-42H,2-10,12,15-16,19-21,24-26H2,1H3,(H,37,43)/t34-/m1/s1. The van der Waals surface area contributed by atoms with E-state index in [0.717, 1.165) is 102 Å². The molecule has 0 unspecified atom stereocenters. The van der Waals surface area contributed by atoms with Crippen molar-refractivity contribution in [2.24, 2.45) is 0 Å². The molecule has 0 saturated heterocycles. The number of nitrogens with zero attached hydrogens (tertiary/aromatic N) is 1. The van der Waals surface area contributed by atoms with Crippen LogP contribution in [0.1, 0.15) is 106 Å². The van der Waals surface area contributed by atoms with Crippen LogP contribution in [0.3, 0.4) is 0 Å². The maximum atomic E-state index is 12.8. The van der Waals surface area contributed by atoms with E-state index in [4.69, 9.17) is 9.57 Å². The summed E-state index contributed by atoms with van der Waals surface area (Å²) in [6.07, 6.45) is 11.5. The van der Waals surface area contributed by atoms with Crippen LogP contribution in [0, 0.1) is 0 Å². The Hall–Kier alpha value is -3.18. The summed E-state index contributed by atoms with van der Waals surface area (Å²) >= 11 is 0. The van der Waals surface area contributed by atoms with Crippen LogP contribution in [-0.2, 0) is 33.9 Å². The molecule has 3 rings (SSSR count). The van der Waals surface area contributed by atoms with E-state index in [1.165, 1.54) is 23.6 Å². The fourth-order valence-corrected chi connectivity index (χ4v) is 5.63. The summed E-state index contributed by atoms with van der Waals surface area (Å²) in [4.78, 5) is 29.7. The molecule has 250 valence electrons. The molecule has 0 spiro atoms. The van der Waals surface area contributed by atoms with Crippen LogP contribution in [0.2, 0.25) is 0 Å². The highest BCUT2D eigenvalue weighted by molar-refractivity contribution is 5.76. The minimum Gasteiger partial charge on any atom is -0.508 e. The number of carbonyl (C=O) groups excluding carboxylic acids is 2. The molecule has 1 aliphatic carbocycles. The molecular formula is C35H53N3O7. The molecule has 0 aliphatic heterocycles. The van der Waals surface area contributed by atoms with Crippen molar-refractivity contribution in [3.8, 4) is 5.75 Å². The lowest BCUT2D eigenvalue weighted by atomic mass is 9.95. The SMILES string of the molecule is CC(=O)ON(C(=O)NCc1cccc(CCCCOCCCCCCNC[C@@H](O)c2ccc(O)c(CO)c2)c1)C1CCCCC1. The van der Waals surface area contributed by atoms with E-state index in [1.54, 1.807) is 12.1 Å². The van der Waals surface area contributed by atoms with Gasteiger partial charge in [-0.3, -0.25) is 4.79 Å². The van der Waals surface area contributed by atoms with E-state index in [9.17, 15) is 24.9 Å². The molecule has 0 radical (unpaired) electrons. The molecule has 1 fully saturated rings. The Labute approximate surface area is 268 Å². The first-order valence-electron chi connectivity index (χ1n) is 16.6. The first-order chi connectivity index (χ1) is 21.9. The Balaban J connectivity index is 1.19. The Morgan fingerprint density at radius 3 is 2.44 bits per heavy atom. The van der Waals surface area contributed by atoms with E-state index in [2.05, 4.69) is 22.8 Å². The van der Waals surface area contributed by atoms with Crippen LogP contribution in [-0.4, -0.2) is 64.7 Å². The molecule has 10 heteroatoms. The van der Waals surface area contributed by atoms with E-state index >= 15 is 0 Å². The molecule has 2 aromatic carbocycles. The summed E-state index contributed by atoms with van der Waals surface area (Å²) in [5.41, 5.74) is 3.34. The molecule has 0 aromatic heterocycles. The predicted octanol–water partition coefficient (Wildman–Crippen LogP) is 5.43. The Morgan fingerprint density at radius 1 is 0.956 bits per heavy atom. The van der Waals surface area contributed by atoms with Crippen molar-refractivity contribution in [2.45, 2.75) is 109 Å². The quantitative estimate of drug-likeness (QED) is 0.103. The molecule has 1 aliphatic rings. The van der Waals surface area contributed by atoms with E-state index in [1.807, 2.05) is 12.1 Å². The third-order valence-corrected chi connectivity index (χ3v) is 8.16. The zero-order valence-corrected chi connectivity index (χ0v) is 26.8. The highest BCUT2D eigenvalue weighted by Gasteiger charge is 2.28. The number of ether oxygens (including phenoxy) is 1. The van der Waals surface area contributed by atoms with E-state index in [-0.39, 0.29) is 24.4 Å². The van der Waals surface area contributed by atoms with Gasteiger partial charge in [0.15, 0.2) is 0 Å². The van der Waals surface area contributed by atoms with Gasteiger partial charge in [0.25, 0.3) is 0 Å². The molecule has 5 N–H and O–H groups in total. The van der Waals surface area contributed by atoms with Gasteiger partial charge in [0.05, 0.1) is 18.8 Å². The number of nitrogens with one attached hydrogen (secondary N) is 2. The van der Waals surface area contributed by atoms with E-state index < -0.39 is 12.1 Å². The molecule has 45 heavy (non-hydrogen) atoms. The van der Waals surface area contributed by atoms with Gasteiger partial charge >= 0.3 is 12.0 Å². The first-order valence-corrected chi connectivity index (χ1v) is 16.6. The fraction of sp³-hybridized carbons (Fsp3) is 0.600. The number of unbranched alkanes of at least 4 members (excludes halogenated alkanes) is 4. The van der Waals surface area contributed by atoms with Gasteiger partial charge in [-0.15, -0.1) is 0 Å². The van der Waals surface area contributed by atoms with Gasteiger partial charge < -0.3 is 35.5 Å². The van der Waals surface area contributed by atoms with Crippen molar-refractivity contribution < 1.29 is 34.5 Å². The normalized spacial score (nSPS) is 14.2. The third-order valence-electron chi connectivity index (χ3n) is 8.16. The Kier molecular flexibility index (Phi) is 16.8. The zero-order chi connectivity index (χ0) is 32.3. The second-order valence-corrected chi connectivity index (χ2v) is 11.9. The van der Waals surface area contributed by atoms with Crippen molar-refractivity contribution in [1.82, 2.24) is 15.7 Å². The molecule has 0 bridgehead atoms. The number of aliphatic hydroxyl groups excluding tert-OH is 2. The number of rotatable bonds is 19. The number of aliphatic hydroxyl groups is 2. The van der Waals surface area contributed by atoms with Gasteiger partial charge in [0.2, 0.25) is 0 Å². The Bertz CT molecular complexity index is 1160. The summed E-state index contributed by atoms with van der Waals surface area (Å²) in [5, 5.41) is 36.7. The van der Waals surface area contributed by atoms with Crippen molar-refractivity contribution in [3.63, 3.8) is 0 Å². The Morgan fingerprint density at radius 2 is 1.69 bits per heavy atom. The average Bonchev–Trinajstić information content (AvgIpc) is 3.05. The second-order valence-electron chi connectivity index (χ2n) is 11.9. The number of hydroxylamine groups is 2. The van der Waals surface area contributed by atoms with Crippen molar-refractivity contribution in [1.29, 1.82) is 0 Å². The maximum Gasteiger partial charge on any atom is 0.351 e. The maximum absolute atomic E-state index is 12.8. The highest BCUT2D eigenvalue weighted by Crippen LogP contribution is 2.24. The summed E-state index contributed by atoms with van der Waals surface area (Å²) in [5.74, 6) is -0.445. The van der Waals surface area contributed by atoms with Crippen LogP contribution < -0.4 is 10.6 Å². The minimum absolute atomic E-state index is 0.0354. The van der Waals surface area contributed by atoms with Gasteiger partial charge in [0, 0.05) is 38.8 Å². The number of carbonyl (C=O) groups is 2. The van der Waals surface area contributed by atoms with Gasteiger partial charge in [-0.25, -0.2) is 4.79 Å². The van der Waals surface area contributed by atoms with Crippen LogP contribution in [0.5, 0.6) is 5.75 Å². The second kappa shape index (κ2) is 20.8. The summed E-state index contributed by atoms with van der Waals surface area (Å²) in [7, 11) is 0. The van der Waals surface area contributed by atoms with Crippen molar-refractivity contribution in [3.05, 3.63) is 64.7 Å². The molecule has 0 heterocycles. The highest BCUT2D eigenvalue weighted by atomic mass is 16.7. The number of benzene rings is 2. The number of amides is 2. The van der Waals surface area contributed by atoms with Crippen LogP contribution in [0.25, 0.3) is 0 Å². The number of urea groups is 1. The number of aromatic hydroxyl groups is 1. The van der Waals surface area contributed by atoms with Gasteiger partial charge in [-0.05, 0) is 80.3 Å². The first kappa shape index (κ1) is 36.3. The number of phenols is 1. The van der Waals surface area contributed by atoms with Crippen LogP contribution >= 0.6 is 0 Å². The monoisotopic (exact) mass is 627 g/mol. The molecule has 1 atom stereocenters. The smallest absolute Gasteiger partial charge is 0.351 e. The largest absolute Gasteiger partial charge is 0.508 e. The van der Waals surface area contributed by atoms with Crippen LogP contribution in [0.15, 0.2) is 42.5 Å². The molecule has 2 aromatic rings. The number of aryl methyl sites for hydroxylation is 1.